The van der Waals surface area contributed by atoms with Crippen LogP contribution in [-0.2, 0) is 0 Å². The Bertz CT molecular complexity index is 349. The Morgan fingerprint density at radius 1 is 1.16 bits per heavy atom. The highest BCUT2D eigenvalue weighted by atomic mass is 19.4. The highest BCUT2D eigenvalue weighted by Crippen LogP contribution is 2.55. The van der Waals surface area contributed by atoms with Crippen LogP contribution in [0.2, 0.25) is 0 Å². The molecule has 0 bridgehead atoms. The topological polar surface area (TPSA) is 6.48 Å². The Kier molecular flexibility index (Phi) is 3.13. The van der Waals surface area contributed by atoms with Crippen molar-refractivity contribution < 1.29 is 13.2 Å². The molecule has 0 radical (unpaired) electrons. The van der Waals surface area contributed by atoms with E-state index in [-0.39, 0.29) is 12.0 Å². The maximum Gasteiger partial charge on any atom is 0.406 e. The summed E-state index contributed by atoms with van der Waals surface area (Å²) in [6.07, 6.45) is -1.27. The van der Waals surface area contributed by atoms with E-state index in [0.717, 1.165) is 25.9 Å². The summed E-state index contributed by atoms with van der Waals surface area (Å²) in [4.78, 5) is 4.23. The predicted octanol–water partition coefficient (Wildman–Crippen LogP) is 2.89. The second kappa shape index (κ2) is 4.35. The van der Waals surface area contributed by atoms with Crippen LogP contribution in [-0.4, -0.2) is 53.2 Å². The van der Waals surface area contributed by atoms with E-state index in [1.165, 1.54) is 0 Å². The SMILES string of the molecule is CC(C)C1CN2CCCC2CN1C1(C(F)(F)F)CC1. The lowest BCUT2D eigenvalue weighted by Crippen LogP contribution is -2.64. The molecule has 1 saturated carbocycles. The molecule has 19 heavy (non-hydrogen) atoms. The van der Waals surface area contributed by atoms with Gasteiger partial charge in [-0.2, -0.15) is 13.2 Å². The monoisotopic (exact) mass is 276 g/mol. The van der Waals surface area contributed by atoms with Gasteiger partial charge in [0, 0.05) is 25.2 Å². The Balaban J connectivity index is 1.85. The van der Waals surface area contributed by atoms with Crippen molar-refractivity contribution in [2.75, 3.05) is 19.6 Å². The normalized spacial score (nSPS) is 35.7. The third-order valence-corrected chi connectivity index (χ3v) is 5.30. The van der Waals surface area contributed by atoms with E-state index >= 15 is 0 Å². The Hall–Kier alpha value is -0.290. The van der Waals surface area contributed by atoms with Gasteiger partial charge in [-0.25, -0.2) is 0 Å². The minimum atomic E-state index is -4.07. The second-order valence-corrected chi connectivity index (χ2v) is 6.78. The molecule has 2 heterocycles. The molecule has 3 aliphatic rings. The first-order valence-corrected chi connectivity index (χ1v) is 7.43. The summed E-state index contributed by atoms with van der Waals surface area (Å²) < 4.78 is 40.2. The maximum absolute atomic E-state index is 13.4. The molecule has 0 amide bonds. The van der Waals surface area contributed by atoms with Crippen LogP contribution in [0, 0.1) is 5.92 Å². The third-order valence-electron chi connectivity index (χ3n) is 5.30. The number of nitrogens with zero attached hydrogens (tertiary/aromatic N) is 2. The largest absolute Gasteiger partial charge is 0.406 e. The molecule has 1 aliphatic carbocycles. The summed E-state index contributed by atoms with van der Waals surface area (Å²) in [5.41, 5.74) is -1.49. The van der Waals surface area contributed by atoms with Crippen molar-refractivity contribution in [2.45, 2.75) is 63.3 Å². The zero-order valence-corrected chi connectivity index (χ0v) is 11.7. The Morgan fingerprint density at radius 2 is 1.84 bits per heavy atom. The van der Waals surface area contributed by atoms with Crippen molar-refractivity contribution in [1.82, 2.24) is 9.80 Å². The van der Waals surface area contributed by atoms with Crippen LogP contribution in [0.5, 0.6) is 0 Å². The van der Waals surface area contributed by atoms with Crippen molar-refractivity contribution in [3.63, 3.8) is 0 Å². The summed E-state index contributed by atoms with van der Waals surface area (Å²) in [6, 6.07) is 0.410. The van der Waals surface area contributed by atoms with Crippen LogP contribution in [0.25, 0.3) is 0 Å². The Labute approximate surface area is 112 Å². The van der Waals surface area contributed by atoms with Crippen molar-refractivity contribution >= 4 is 0 Å². The quantitative estimate of drug-likeness (QED) is 0.765. The molecule has 0 spiro atoms. The number of fused-ring (bicyclic) bond motifs is 1. The van der Waals surface area contributed by atoms with Gasteiger partial charge in [0.25, 0.3) is 0 Å². The van der Waals surface area contributed by atoms with E-state index in [1.807, 2.05) is 4.90 Å². The molecular formula is C14H23F3N2. The summed E-state index contributed by atoms with van der Waals surface area (Å²) in [6.45, 7) is 6.62. The first-order chi connectivity index (χ1) is 8.85. The molecule has 0 N–H and O–H groups in total. The van der Waals surface area contributed by atoms with Crippen molar-refractivity contribution in [1.29, 1.82) is 0 Å². The van der Waals surface area contributed by atoms with Gasteiger partial charge < -0.3 is 0 Å². The fourth-order valence-electron chi connectivity index (χ4n) is 3.96. The van der Waals surface area contributed by atoms with Crippen molar-refractivity contribution in [3.8, 4) is 0 Å². The minimum absolute atomic E-state index is 0.0541. The summed E-state index contributed by atoms with van der Waals surface area (Å²) >= 11 is 0. The van der Waals surface area contributed by atoms with Crippen LogP contribution < -0.4 is 0 Å². The van der Waals surface area contributed by atoms with E-state index in [9.17, 15) is 13.2 Å². The van der Waals surface area contributed by atoms with Gasteiger partial charge in [-0.3, -0.25) is 9.80 Å². The lowest BCUT2D eigenvalue weighted by Gasteiger charge is -2.49. The lowest BCUT2D eigenvalue weighted by atomic mass is 9.94. The van der Waals surface area contributed by atoms with E-state index in [1.54, 1.807) is 0 Å². The highest BCUT2D eigenvalue weighted by Gasteiger charge is 2.68. The molecule has 0 aromatic rings. The molecule has 2 unspecified atom stereocenters. The average molecular weight is 276 g/mol. The summed E-state index contributed by atoms with van der Waals surface area (Å²) in [7, 11) is 0. The van der Waals surface area contributed by atoms with Crippen LogP contribution in [0.4, 0.5) is 13.2 Å². The van der Waals surface area contributed by atoms with Gasteiger partial charge >= 0.3 is 6.18 Å². The van der Waals surface area contributed by atoms with E-state index < -0.39 is 11.7 Å². The minimum Gasteiger partial charge on any atom is -0.298 e. The lowest BCUT2D eigenvalue weighted by molar-refractivity contribution is -0.213. The van der Waals surface area contributed by atoms with Gasteiger partial charge in [0.2, 0.25) is 0 Å². The number of hydrogen-bond donors (Lipinski definition) is 0. The van der Waals surface area contributed by atoms with E-state index in [0.29, 0.717) is 25.4 Å². The molecular weight excluding hydrogens is 253 g/mol. The smallest absolute Gasteiger partial charge is 0.298 e. The van der Waals surface area contributed by atoms with Gasteiger partial charge in [0.1, 0.15) is 5.54 Å². The summed E-state index contributed by atoms with van der Waals surface area (Å²) in [5.74, 6) is 0.279. The standard InChI is InChI=1S/C14H23F3N2/c1-10(2)12-9-18-7-3-4-11(18)8-19(12)13(5-6-13)14(15,16)17/h10-12H,3-9H2,1-2H3. The molecule has 2 nitrogen and oxygen atoms in total. The van der Waals surface area contributed by atoms with Gasteiger partial charge in [-0.1, -0.05) is 13.8 Å². The molecule has 0 aromatic heterocycles. The molecule has 2 aliphatic heterocycles. The fraction of sp³-hybridized carbons (Fsp3) is 1.00. The Morgan fingerprint density at radius 3 is 2.37 bits per heavy atom. The van der Waals surface area contributed by atoms with Crippen LogP contribution in [0.15, 0.2) is 0 Å². The van der Waals surface area contributed by atoms with Gasteiger partial charge in [-0.15, -0.1) is 0 Å². The third kappa shape index (κ3) is 2.09. The fourth-order valence-corrected chi connectivity index (χ4v) is 3.96. The molecule has 110 valence electrons. The molecule has 0 aromatic carbocycles. The van der Waals surface area contributed by atoms with Crippen LogP contribution in [0.3, 0.4) is 0 Å². The van der Waals surface area contributed by atoms with Crippen molar-refractivity contribution in [2.24, 2.45) is 5.92 Å². The molecule has 5 heteroatoms. The molecule has 2 atom stereocenters. The highest BCUT2D eigenvalue weighted by molar-refractivity contribution is 5.13. The predicted molar refractivity (Wildman–Crippen MR) is 67.9 cm³/mol. The van der Waals surface area contributed by atoms with Gasteiger partial charge in [0.15, 0.2) is 0 Å². The van der Waals surface area contributed by atoms with E-state index in [4.69, 9.17) is 0 Å². The maximum atomic E-state index is 13.4. The molecule has 3 fully saturated rings. The number of rotatable bonds is 2. The van der Waals surface area contributed by atoms with Gasteiger partial charge in [-0.05, 0) is 38.1 Å². The second-order valence-electron chi connectivity index (χ2n) is 6.78. The van der Waals surface area contributed by atoms with E-state index in [2.05, 4.69) is 18.7 Å². The zero-order valence-electron chi connectivity index (χ0n) is 11.7. The number of alkyl halides is 3. The first-order valence-electron chi connectivity index (χ1n) is 7.43. The molecule has 3 rings (SSSR count). The number of hydrogen-bond acceptors (Lipinski definition) is 2. The van der Waals surface area contributed by atoms with Crippen molar-refractivity contribution in [3.05, 3.63) is 0 Å². The van der Waals surface area contributed by atoms with Crippen LogP contribution in [0.1, 0.15) is 39.5 Å². The first kappa shape index (κ1) is 13.7. The molecule has 2 saturated heterocycles. The summed E-state index contributed by atoms with van der Waals surface area (Å²) in [5, 5.41) is 0. The van der Waals surface area contributed by atoms with Gasteiger partial charge in [0.05, 0.1) is 0 Å². The van der Waals surface area contributed by atoms with Crippen LogP contribution >= 0.6 is 0 Å². The number of piperazine rings is 1. The number of halogens is 3. The average Bonchev–Trinajstić information content (AvgIpc) is 3.01. The zero-order chi connectivity index (χ0) is 13.8.